The number of nitrogens with one attached hydrogen (secondary N) is 1. The summed E-state index contributed by atoms with van der Waals surface area (Å²) in [6.07, 6.45) is 0.800. The summed E-state index contributed by atoms with van der Waals surface area (Å²) in [4.78, 5) is 28.1. The van der Waals surface area contributed by atoms with Gasteiger partial charge in [0.05, 0.1) is 13.5 Å². The Morgan fingerprint density at radius 1 is 1.07 bits per heavy atom. The van der Waals surface area contributed by atoms with Crippen molar-refractivity contribution in [1.29, 1.82) is 0 Å². The van der Waals surface area contributed by atoms with Crippen molar-refractivity contribution in [2.75, 3.05) is 7.11 Å². The van der Waals surface area contributed by atoms with Crippen LogP contribution in [0.2, 0.25) is 0 Å². The number of benzene rings is 2. The van der Waals surface area contributed by atoms with Gasteiger partial charge in [-0.2, -0.15) is 0 Å². The van der Waals surface area contributed by atoms with E-state index < -0.39 is 6.04 Å². The molecule has 1 atom stereocenters. The molecule has 162 valence electrons. The summed E-state index contributed by atoms with van der Waals surface area (Å²) in [7, 11) is 1.62. The van der Waals surface area contributed by atoms with Crippen molar-refractivity contribution < 1.29 is 14.3 Å². The molecule has 0 aromatic heterocycles. The third-order valence-corrected chi connectivity index (χ3v) is 4.83. The maximum absolute atomic E-state index is 13.3. The highest BCUT2D eigenvalue weighted by atomic mass is 16.5. The molecule has 0 aliphatic heterocycles. The zero-order chi connectivity index (χ0) is 22.3. The fourth-order valence-corrected chi connectivity index (χ4v) is 3.40. The Hall–Kier alpha value is -2.82. The first-order chi connectivity index (χ1) is 14.1. The zero-order valence-corrected chi connectivity index (χ0v) is 19.0. The number of hydrogen-bond acceptors (Lipinski definition) is 3. The van der Waals surface area contributed by atoms with E-state index in [-0.39, 0.29) is 23.8 Å². The summed E-state index contributed by atoms with van der Waals surface area (Å²) in [5, 5.41) is 3.03. The van der Waals surface area contributed by atoms with E-state index in [4.69, 9.17) is 4.74 Å². The average Bonchev–Trinajstić information content (AvgIpc) is 2.67. The van der Waals surface area contributed by atoms with E-state index in [9.17, 15) is 9.59 Å². The van der Waals surface area contributed by atoms with Crippen LogP contribution in [-0.4, -0.2) is 35.4 Å². The number of rotatable bonds is 8. The monoisotopic (exact) mass is 410 g/mol. The van der Waals surface area contributed by atoms with Crippen molar-refractivity contribution in [2.45, 2.75) is 65.6 Å². The van der Waals surface area contributed by atoms with Crippen LogP contribution in [0.4, 0.5) is 0 Å². The molecule has 0 heterocycles. The van der Waals surface area contributed by atoms with Gasteiger partial charge >= 0.3 is 0 Å². The Morgan fingerprint density at radius 2 is 1.73 bits per heavy atom. The number of amides is 2. The van der Waals surface area contributed by atoms with Crippen LogP contribution in [0.3, 0.4) is 0 Å². The Morgan fingerprint density at radius 3 is 2.27 bits per heavy atom. The predicted molar refractivity (Wildman–Crippen MR) is 120 cm³/mol. The topological polar surface area (TPSA) is 58.6 Å². The van der Waals surface area contributed by atoms with Crippen molar-refractivity contribution >= 4 is 11.8 Å². The second kappa shape index (κ2) is 10.3. The molecule has 1 N–H and O–H groups in total. The van der Waals surface area contributed by atoms with Gasteiger partial charge in [-0.15, -0.1) is 0 Å². The van der Waals surface area contributed by atoms with E-state index in [1.54, 1.807) is 12.0 Å². The molecule has 0 saturated heterocycles. The van der Waals surface area contributed by atoms with E-state index in [1.165, 1.54) is 0 Å². The minimum atomic E-state index is -0.538. The van der Waals surface area contributed by atoms with E-state index in [0.717, 1.165) is 22.4 Å². The highest BCUT2D eigenvalue weighted by Gasteiger charge is 2.30. The average molecular weight is 411 g/mol. The van der Waals surface area contributed by atoms with Crippen molar-refractivity contribution in [3.8, 4) is 5.75 Å². The molecule has 2 aromatic rings. The molecule has 0 bridgehead atoms. The molecule has 0 aliphatic rings. The van der Waals surface area contributed by atoms with Gasteiger partial charge < -0.3 is 15.0 Å². The van der Waals surface area contributed by atoms with E-state index in [2.05, 4.69) is 5.32 Å². The van der Waals surface area contributed by atoms with Crippen molar-refractivity contribution in [2.24, 2.45) is 0 Å². The molecule has 30 heavy (non-hydrogen) atoms. The van der Waals surface area contributed by atoms with Gasteiger partial charge in [-0.3, -0.25) is 9.59 Å². The SMILES string of the molecule is CC[C@H](C(=O)NC(C)(C)C)N(Cc1ccc(OC)cc1)C(=O)Cc1cccc(C)c1. The maximum Gasteiger partial charge on any atom is 0.243 e. The molecule has 0 saturated carbocycles. The van der Waals surface area contributed by atoms with Crippen molar-refractivity contribution in [3.63, 3.8) is 0 Å². The predicted octanol–water partition coefficient (Wildman–Crippen LogP) is 4.27. The van der Waals surface area contributed by atoms with Gasteiger partial charge in [0.15, 0.2) is 0 Å². The lowest BCUT2D eigenvalue weighted by molar-refractivity contribution is -0.141. The van der Waals surface area contributed by atoms with E-state index in [1.807, 2.05) is 83.1 Å². The Labute approximate surface area is 180 Å². The van der Waals surface area contributed by atoms with E-state index in [0.29, 0.717) is 13.0 Å². The van der Waals surface area contributed by atoms with Crippen LogP contribution in [0.1, 0.15) is 50.8 Å². The first kappa shape index (κ1) is 23.5. The molecule has 5 nitrogen and oxygen atoms in total. The molecule has 0 aliphatic carbocycles. The normalized spacial score (nSPS) is 12.2. The first-order valence-electron chi connectivity index (χ1n) is 10.4. The summed E-state index contributed by atoms with van der Waals surface area (Å²) < 4.78 is 5.23. The fraction of sp³-hybridized carbons (Fsp3) is 0.440. The zero-order valence-electron chi connectivity index (χ0n) is 19.0. The third kappa shape index (κ3) is 6.90. The summed E-state index contributed by atoms with van der Waals surface area (Å²) in [6.45, 7) is 10.1. The van der Waals surface area contributed by atoms with Crippen LogP contribution < -0.4 is 10.1 Å². The van der Waals surface area contributed by atoms with Crippen LogP contribution >= 0.6 is 0 Å². The van der Waals surface area contributed by atoms with Gasteiger partial charge in [0, 0.05) is 12.1 Å². The molecule has 0 unspecified atom stereocenters. The van der Waals surface area contributed by atoms with Gasteiger partial charge in [-0.25, -0.2) is 0 Å². The highest BCUT2D eigenvalue weighted by molar-refractivity contribution is 5.88. The Balaban J connectivity index is 2.31. The molecule has 0 radical (unpaired) electrons. The second-order valence-corrected chi connectivity index (χ2v) is 8.70. The minimum absolute atomic E-state index is 0.0627. The van der Waals surface area contributed by atoms with E-state index >= 15 is 0 Å². The summed E-state index contributed by atoms with van der Waals surface area (Å²) >= 11 is 0. The standard InChI is InChI=1S/C25H34N2O3/c1-7-22(24(29)26-25(3,4)5)27(17-19-11-13-21(30-6)14-12-19)23(28)16-20-10-8-9-18(2)15-20/h8-15,22H,7,16-17H2,1-6H3,(H,26,29)/t22-/m1/s1. The van der Waals surface area contributed by atoms with Crippen molar-refractivity contribution in [1.82, 2.24) is 10.2 Å². The molecular weight excluding hydrogens is 376 g/mol. The molecule has 2 rings (SSSR count). The van der Waals surface area contributed by atoms with Crippen LogP contribution in [0, 0.1) is 6.92 Å². The number of hydrogen-bond donors (Lipinski definition) is 1. The second-order valence-electron chi connectivity index (χ2n) is 8.70. The largest absolute Gasteiger partial charge is 0.497 e. The number of carbonyl (C=O) groups is 2. The van der Waals surface area contributed by atoms with Gasteiger partial charge in [-0.1, -0.05) is 48.9 Å². The number of aryl methyl sites for hydroxylation is 1. The van der Waals surface area contributed by atoms with Crippen LogP contribution in [0.15, 0.2) is 48.5 Å². The van der Waals surface area contributed by atoms with Gasteiger partial charge in [0.25, 0.3) is 0 Å². The lowest BCUT2D eigenvalue weighted by Crippen LogP contribution is -2.53. The molecule has 0 fully saturated rings. The Kier molecular flexibility index (Phi) is 8.04. The number of ether oxygens (including phenoxy) is 1. The van der Waals surface area contributed by atoms with Crippen LogP contribution in [0.25, 0.3) is 0 Å². The van der Waals surface area contributed by atoms with Crippen LogP contribution in [0.5, 0.6) is 5.75 Å². The third-order valence-electron chi connectivity index (χ3n) is 4.83. The van der Waals surface area contributed by atoms with Crippen LogP contribution in [-0.2, 0) is 22.6 Å². The van der Waals surface area contributed by atoms with Gasteiger partial charge in [0.2, 0.25) is 11.8 Å². The lowest BCUT2D eigenvalue weighted by atomic mass is 10.0. The molecule has 2 aromatic carbocycles. The maximum atomic E-state index is 13.3. The number of nitrogens with zero attached hydrogens (tertiary/aromatic N) is 1. The molecular formula is C25H34N2O3. The lowest BCUT2D eigenvalue weighted by Gasteiger charge is -2.33. The van der Waals surface area contributed by atoms with Crippen molar-refractivity contribution in [3.05, 3.63) is 65.2 Å². The fourth-order valence-electron chi connectivity index (χ4n) is 3.40. The molecule has 5 heteroatoms. The quantitative estimate of drug-likeness (QED) is 0.707. The van der Waals surface area contributed by atoms with Gasteiger partial charge in [0.1, 0.15) is 11.8 Å². The van der Waals surface area contributed by atoms with Gasteiger partial charge in [-0.05, 0) is 57.4 Å². The highest BCUT2D eigenvalue weighted by Crippen LogP contribution is 2.18. The molecule has 2 amide bonds. The summed E-state index contributed by atoms with van der Waals surface area (Å²) in [6, 6.07) is 15.0. The summed E-state index contributed by atoms with van der Waals surface area (Å²) in [5.74, 6) is 0.567. The number of methoxy groups -OCH3 is 1. The first-order valence-corrected chi connectivity index (χ1v) is 10.4. The number of carbonyl (C=O) groups excluding carboxylic acids is 2. The molecule has 0 spiro atoms. The smallest absolute Gasteiger partial charge is 0.243 e. The Bertz CT molecular complexity index is 853. The minimum Gasteiger partial charge on any atom is -0.497 e. The summed E-state index contributed by atoms with van der Waals surface area (Å²) in [5.41, 5.74) is 2.65.